The number of nitrogens with one attached hydrogen (secondary N) is 1. The van der Waals surface area contributed by atoms with Gasteiger partial charge in [-0.3, -0.25) is 4.68 Å². The lowest BCUT2D eigenvalue weighted by molar-refractivity contribution is 0.300. The molecule has 0 unspecified atom stereocenters. The highest BCUT2D eigenvalue weighted by Crippen LogP contribution is 2.30. The molecule has 7 heteroatoms. The molecule has 0 aromatic carbocycles. The van der Waals surface area contributed by atoms with E-state index in [1.165, 1.54) is 12.8 Å². The Morgan fingerprint density at radius 1 is 1.18 bits per heavy atom. The largest absolute Gasteiger partial charge is 0.364 e. The molecule has 0 bridgehead atoms. The minimum atomic E-state index is 0.343. The maximum absolute atomic E-state index is 4.60. The number of fused-ring (bicyclic) bond motifs is 1. The minimum Gasteiger partial charge on any atom is -0.364 e. The van der Waals surface area contributed by atoms with Crippen LogP contribution in [0.4, 0.5) is 5.82 Å². The monoisotopic (exact) mass is 297 g/mol. The van der Waals surface area contributed by atoms with Gasteiger partial charge in [-0.1, -0.05) is 12.8 Å². The molecule has 1 saturated carbocycles. The van der Waals surface area contributed by atoms with Gasteiger partial charge in [-0.2, -0.15) is 9.61 Å². The van der Waals surface area contributed by atoms with Gasteiger partial charge in [0.15, 0.2) is 11.5 Å². The van der Waals surface area contributed by atoms with Gasteiger partial charge in [0.25, 0.3) is 0 Å². The Labute approximate surface area is 128 Å². The molecule has 1 aliphatic rings. The van der Waals surface area contributed by atoms with Crippen LogP contribution in [0.15, 0.2) is 30.6 Å². The van der Waals surface area contributed by atoms with Gasteiger partial charge in [-0.05, 0) is 38.0 Å². The van der Waals surface area contributed by atoms with Crippen LogP contribution in [0.3, 0.4) is 0 Å². The Balaban J connectivity index is 1.60. The van der Waals surface area contributed by atoms with Crippen LogP contribution < -0.4 is 5.32 Å². The van der Waals surface area contributed by atoms with Gasteiger partial charge in [-0.25, -0.2) is 0 Å². The van der Waals surface area contributed by atoms with Crippen molar-refractivity contribution in [3.63, 3.8) is 0 Å². The molecule has 3 aromatic rings. The van der Waals surface area contributed by atoms with E-state index in [1.54, 1.807) is 4.52 Å². The summed E-state index contributed by atoms with van der Waals surface area (Å²) in [7, 11) is 0. The van der Waals surface area contributed by atoms with E-state index in [9.17, 15) is 0 Å². The van der Waals surface area contributed by atoms with E-state index in [-0.39, 0.29) is 0 Å². The van der Waals surface area contributed by atoms with Crippen LogP contribution in [0.1, 0.15) is 37.5 Å². The molecule has 3 aromatic heterocycles. The third-order valence-electron chi connectivity index (χ3n) is 4.35. The zero-order chi connectivity index (χ0) is 14.9. The van der Waals surface area contributed by atoms with Crippen LogP contribution in [0.2, 0.25) is 0 Å². The second kappa shape index (κ2) is 5.40. The summed E-state index contributed by atoms with van der Waals surface area (Å²) in [6, 6.07) is 6.62. The highest BCUT2D eigenvalue weighted by molar-refractivity contribution is 5.44. The maximum atomic E-state index is 4.60. The standard InChI is InChI=1S/C15H19N7/c1-11-18-19-15-8-7-14(20-22(11)15)17-12-5-2-3-6-13(12)21-10-4-9-16-21/h4,7-10,12-13H,2-3,5-6H2,1H3,(H,17,20)/t12-,13+/m0/s1. The Kier molecular flexibility index (Phi) is 3.25. The summed E-state index contributed by atoms with van der Waals surface area (Å²) in [6.45, 7) is 1.91. The zero-order valence-electron chi connectivity index (χ0n) is 12.6. The van der Waals surface area contributed by atoms with Crippen LogP contribution in [0, 0.1) is 6.92 Å². The molecule has 3 heterocycles. The molecule has 1 N–H and O–H groups in total. The summed E-state index contributed by atoms with van der Waals surface area (Å²) >= 11 is 0. The number of nitrogens with zero attached hydrogens (tertiary/aromatic N) is 6. The Morgan fingerprint density at radius 3 is 2.95 bits per heavy atom. The van der Waals surface area contributed by atoms with E-state index >= 15 is 0 Å². The topological polar surface area (TPSA) is 72.9 Å². The molecule has 2 atom stereocenters. The Bertz CT molecular complexity index is 761. The fourth-order valence-electron chi connectivity index (χ4n) is 3.24. The van der Waals surface area contributed by atoms with Crippen molar-refractivity contribution in [3.05, 3.63) is 36.4 Å². The fraction of sp³-hybridized carbons (Fsp3) is 0.467. The van der Waals surface area contributed by atoms with Crippen LogP contribution in [-0.2, 0) is 0 Å². The van der Waals surface area contributed by atoms with E-state index < -0.39 is 0 Å². The summed E-state index contributed by atoms with van der Waals surface area (Å²) in [5.74, 6) is 1.66. The van der Waals surface area contributed by atoms with Crippen molar-refractivity contribution >= 4 is 11.5 Å². The van der Waals surface area contributed by atoms with Crippen molar-refractivity contribution in [1.82, 2.24) is 29.6 Å². The number of aromatic nitrogens is 6. The third kappa shape index (κ3) is 2.32. The predicted molar refractivity (Wildman–Crippen MR) is 82.7 cm³/mol. The van der Waals surface area contributed by atoms with Gasteiger partial charge < -0.3 is 5.32 Å². The predicted octanol–water partition coefficient (Wildman–Crippen LogP) is 2.23. The van der Waals surface area contributed by atoms with Crippen LogP contribution in [0.25, 0.3) is 5.65 Å². The summed E-state index contributed by atoms with van der Waals surface area (Å²) in [5, 5.41) is 20.7. The molecule has 114 valence electrons. The fourth-order valence-corrected chi connectivity index (χ4v) is 3.24. The van der Waals surface area contributed by atoms with Crippen LogP contribution >= 0.6 is 0 Å². The Hall–Kier alpha value is -2.44. The lowest BCUT2D eigenvalue weighted by atomic mass is 9.90. The lowest BCUT2D eigenvalue weighted by Crippen LogP contribution is -2.34. The minimum absolute atomic E-state index is 0.343. The van der Waals surface area contributed by atoms with Gasteiger partial charge in [0.05, 0.1) is 12.1 Å². The molecule has 4 rings (SSSR count). The Morgan fingerprint density at radius 2 is 2.09 bits per heavy atom. The van der Waals surface area contributed by atoms with E-state index in [4.69, 9.17) is 0 Å². The lowest BCUT2D eigenvalue weighted by Gasteiger charge is -2.32. The molecular weight excluding hydrogens is 278 g/mol. The van der Waals surface area contributed by atoms with Crippen LogP contribution in [-0.4, -0.2) is 35.6 Å². The summed E-state index contributed by atoms with van der Waals surface area (Å²) < 4.78 is 3.84. The molecule has 0 saturated heterocycles. The number of hydrogen-bond acceptors (Lipinski definition) is 5. The molecule has 0 aliphatic heterocycles. The summed E-state index contributed by atoms with van der Waals surface area (Å²) in [5.41, 5.74) is 0.773. The zero-order valence-corrected chi connectivity index (χ0v) is 12.6. The van der Waals surface area contributed by atoms with Gasteiger partial charge >= 0.3 is 0 Å². The van der Waals surface area contributed by atoms with Crippen molar-refractivity contribution in [2.75, 3.05) is 5.32 Å². The highest BCUT2D eigenvalue weighted by atomic mass is 15.4. The van der Waals surface area contributed by atoms with Gasteiger partial charge in [0, 0.05) is 12.4 Å². The highest BCUT2D eigenvalue weighted by Gasteiger charge is 2.27. The quantitative estimate of drug-likeness (QED) is 0.802. The maximum Gasteiger partial charge on any atom is 0.178 e. The second-order valence-corrected chi connectivity index (χ2v) is 5.82. The average molecular weight is 297 g/mol. The van der Waals surface area contributed by atoms with Crippen LogP contribution in [0.5, 0.6) is 0 Å². The first-order chi connectivity index (χ1) is 10.8. The average Bonchev–Trinajstić information content (AvgIpc) is 3.19. The van der Waals surface area contributed by atoms with E-state index in [1.807, 2.05) is 37.5 Å². The molecule has 1 fully saturated rings. The van der Waals surface area contributed by atoms with Crippen molar-refractivity contribution < 1.29 is 0 Å². The van der Waals surface area contributed by atoms with Gasteiger partial charge in [0.1, 0.15) is 5.82 Å². The van der Waals surface area contributed by atoms with Crippen molar-refractivity contribution in [1.29, 1.82) is 0 Å². The van der Waals surface area contributed by atoms with Crippen molar-refractivity contribution in [3.8, 4) is 0 Å². The van der Waals surface area contributed by atoms with Crippen molar-refractivity contribution in [2.45, 2.75) is 44.7 Å². The first kappa shape index (κ1) is 13.2. The molecule has 22 heavy (non-hydrogen) atoms. The van der Waals surface area contributed by atoms with Crippen molar-refractivity contribution in [2.24, 2.45) is 0 Å². The molecule has 0 amide bonds. The number of anilines is 1. The molecule has 0 radical (unpaired) electrons. The molecule has 7 nitrogen and oxygen atoms in total. The van der Waals surface area contributed by atoms with E-state index in [2.05, 4.69) is 30.4 Å². The SMILES string of the molecule is Cc1nnc2ccc(N[C@H]3CCCC[C@H]3n3cccn3)nn12. The van der Waals surface area contributed by atoms with E-state index in [0.717, 1.165) is 30.1 Å². The first-order valence-electron chi connectivity index (χ1n) is 7.76. The third-order valence-corrected chi connectivity index (χ3v) is 4.35. The smallest absolute Gasteiger partial charge is 0.178 e. The number of rotatable bonds is 3. The molecular formula is C15H19N7. The summed E-state index contributed by atoms with van der Waals surface area (Å²) in [6.07, 6.45) is 8.66. The second-order valence-electron chi connectivity index (χ2n) is 5.82. The number of aryl methyl sites for hydroxylation is 1. The molecule has 1 aliphatic carbocycles. The first-order valence-corrected chi connectivity index (χ1v) is 7.76. The van der Waals surface area contributed by atoms with Gasteiger partial charge in [0.2, 0.25) is 0 Å². The summed E-state index contributed by atoms with van der Waals surface area (Å²) in [4.78, 5) is 0. The number of hydrogen-bond donors (Lipinski definition) is 1. The van der Waals surface area contributed by atoms with Gasteiger partial charge in [-0.15, -0.1) is 15.3 Å². The van der Waals surface area contributed by atoms with E-state index in [0.29, 0.717) is 12.1 Å². The normalized spacial score (nSPS) is 22.0. The molecule has 0 spiro atoms.